The molecule has 0 fully saturated rings. The topological polar surface area (TPSA) is 68.7 Å². The van der Waals surface area contributed by atoms with E-state index in [9.17, 15) is 9.90 Å². The molecule has 1 atom stereocenters. The van der Waals surface area contributed by atoms with Gasteiger partial charge in [-0.3, -0.25) is 4.98 Å². The molecule has 0 radical (unpaired) electrons. The molecule has 182 valence electrons. The van der Waals surface area contributed by atoms with Crippen LogP contribution in [0.2, 0.25) is 0 Å². The summed E-state index contributed by atoms with van der Waals surface area (Å²) < 4.78 is 11.6. The van der Waals surface area contributed by atoms with E-state index in [0.717, 1.165) is 40.6 Å². The number of rotatable bonds is 16. The molecule has 0 aliphatic heterocycles. The van der Waals surface area contributed by atoms with Crippen LogP contribution in [-0.2, 0) is 22.6 Å². The zero-order valence-electron chi connectivity index (χ0n) is 20.2. The summed E-state index contributed by atoms with van der Waals surface area (Å²) in [7, 11) is 0. The van der Waals surface area contributed by atoms with Crippen LogP contribution in [0.15, 0.2) is 60.8 Å². The Morgan fingerprint density at radius 3 is 2.35 bits per heavy atom. The Kier molecular flexibility index (Phi) is 10.9. The summed E-state index contributed by atoms with van der Waals surface area (Å²) in [6, 6.07) is 17.6. The Balaban J connectivity index is 1.39. The van der Waals surface area contributed by atoms with Gasteiger partial charge in [0.1, 0.15) is 12.4 Å². The van der Waals surface area contributed by atoms with E-state index in [4.69, 9.17) is 9.47 Å². The molecule has 34 heavy (non-hydrogen) atoms. The van der Waals surface area contributed by atoms with E-state index in [1.54, 1.807) is 0 Å². The lowest BCUT2D eigenvalue weighted by Gasteiger charge is -2.14. The number of aliphatic carboxylic acids is 1. The first kappa shape index (κ1) is 25.7. The minimum Gasteiger partial charge on any atom is -0.489 e. The van der Waals surface area contributed by atoms with Gasteiger partial charge in [-0.25, -0.2) is 4.79 Å². The van der Waals surface area contributed by atoms with Crippen LogP contribution in [0.1, 0.15) is 69.4 Å². The van der Waals surface area contributed by atoms with Crippen molar-refractivity contribution in [1.29, 1.82) is 0 Å². The van der Waals surface area contributed by atoms with Crippen LogP contribution >= 0.6 is 0 Å². The number of aromatic nitrogens is 1. The second kappa shape index (κ2) is 14.4. The predicted molar refractivity (Wildman–Crippen MR) is 136 cm³/mol. The number of fused-ring (bicyclic) bond motifs is 1. The number of carboxylic acids is 1. The zero-order chi connectivity index (χ0) is 24.0. The van der Waals surface area contributed by atoms with Crippen molar-refractivity contribution in [3.63, 3.8) is 0 Å². The lowest BCUT2D eigenvalue weighted by atomic mass is 10.1. The maximum absolute atomic E-state index is 11.6. The van der Waals surface area contributed by atoms with Crippen molar-refractivity contribution in [2.75, 3.05) is 6.61 Å². The number of pyridine rings is 1. The molecule has 1 unspecified atom stereocenters. The highest BCUT2D eigenvalue weighted by Crippen LogP contribution is 2.18. The van der Waals surface area contributed by atoms with Gasteiger partial charge in [-0.2, -0.15) is 0 Å². The van der Waals surface area contributed by atoms with Crippen LogP contribution in [0.4, 0.5) is 0 Å². The van der Waals surface area contributed by atoms with E-state index in [1.807, 2.05) is 54.7 Å². The van der Waals surface area contributed by atoms with Crippen molar-refractivity contribution >= 4 is 16.9 Å². The Labute approximate surface area is 203 Å². The molecule has 1 heterocycles. The summed E-state index contributed by atoms with van der Waals surface area (Å²) in [5.74, 6) is -0.174. The first-order chi connectivity index (χ1) is 16.7. The summed E-state index contributed by atoms with van der Waals surface area (Å²) in [5, 5.41) is 10.6. The number of hydrogen-bond donors (Lipinski definition) is 1. The summed E-state index contributed by atoms with van der Waals surface area (Å²) in [4.78, 5) is 16.1. The number of carbonyl (C=O) groups is 1. The molecule has 0 spiro atoms. The van der Waals surface area contributed by atoms with Gasteiger partial charge in [0.15, 0.2) is 6.10 Å². The highest BCUT2D eigenvalue weighted by atomic mass is 16.5. The van der Waals surface area contributed by atoms with Crippen molar-refractivity contribution in [3.05, 3.63) is 71.9 Å². The minimum atomic E-state index is -0.913. The van der Waals surface area contributed by atoms with Crippen LogP contribution in [0.3, 0.4) is 0 Å². The quantitative estimate of drug-likeness (QED) is 0.232. The first-order valence-corrected chi connectivity index (χ1v) is 12.6. The van der Waals surface area contributed by atoms with Gasteiger partial charge in [-0.15, -0.1) is 0 Å². The van der Waals surface area contributed by atoms with Gasteiger partial charge in [0.05, 0.1) is 5.52 Å². The lowest BCUT2D eigenvalue weighted by molar-refractivity contribution is -0.150. The average Bonchev–Trinajstić information content (AvgIpc) is 2.86. The Morgan fingerprint density at radius 2 is 1.62 bits per heavy atom. The fourth-order valence-corrected chi connectivity index (χ4v) is 3.98. The van der Waals surface area contributed by atoms with E-state index in [-0.39, 0.29) is 0 Å². The van der Waals surface area contributed by atoms with Crippen molar-refractivity contribution in [2.45, 2.75) is 77.4 Å². The van der Waals surface area contributed by atoms with Crippen LogP contribution in [0.5, 0.6) is 5.75 Å². The van der Waals surface area contributed by atoms with Crippen LogP contribution in [0.25, 0.3) is 10.9 Å². The number of nitrogens with zero attached hydrogens (tertiary/aromatic N) is 1. The highest BCUT2D eigenvalue weighted by Gasteiger charge is 2.18. The largest absolute Gasteiger partial charge is 0.489 e. The molecule has 0 aliphatic rings. The second-order valence-corrected chi connectivity index (χ2v) is 8.85. The summed E-state index contributed by atoms with van der Waals surface area (Å²) in [6.45, 7) is 3.15. The summed E-state index contributed by atoms with van der Waals surface area (Å²) in [6.07, 6.45) is 11.0. The third-order valence-electron chi connectivity index (χ3n) is 5.99. The molecule has 5 nitrogen and oxygen atoms in total. The van der Waals surface area contributed by atoms with Crippen molar-refractivity contribution in [1.82, 2.24) is 4.98 Å². The normalized spacial score (nSPS) is 12.0. The van der Waals surface area contributed by atoms with Crippen molar-refractivity contribution in [2.24, 2.45) is 0 Å². The molecule has 0 saturated heterocycles. The van der Waals surface area contributed by atoms with Gasteiger partial charge in [0.25, 0.3) is 0 Å². The Morgan fingerprint density at radius 1 is 0.912 bits per heavy atom. The highest BCUT2D eigenvalue weighted by molar-refractivity contribution is 5.78. The van der Waals surface area contributed by atoms with E-state index in [2.05, 4.69) is 18.0 Å². The molecular formula is C29H37NO4. The number of carboxylic acid groups (broad SMARTS) is 1. The molecule has 3 aromatic rings. The molecule has 3 rings (SSSR count). The van der Waals surface area contributed by atoms with Crippen LogP contribution in [-0.4, -0.2) is 28.8 Å². The summed E-state index contributed by atoms with van der Waals surface area (Å²) in [5.41, 5.74) is 2.89. The molecule has 0 aliphatic carbocycles. The third kappa shape index (κ3) is 8.79. The maximum Gasteiger partial charge on any atom is 0.333 e. The standard InChI is InChI=1S/C29H37NO4/c1-2-3-4-5-6-7-8-11-18-33-28(29(31)32)20-23-14-16-26(17-15-23)34-22-24-19-25-12-9-10-13-27(25)30-21-24/h9-10,12-17,19,21,28H,2-8,11,18,20,22H2,1H3,(H,31,32). The molecular weight excluding hydrogens is 426 g/mol. The van der Waals surface area contributed by atoms with Crippen molar-refractivity contribution < 1.29 is 19.4 Å². The molecule has 0 saturated carbocycles. The molecule has 1 N–H and O–H groups in total. The van der Waals surface area contributed by atoms with E-state index in [1.165, 1.54) is 38.5 Å². The van der Waals surface area contributed by atoms with Gasteiger partial charge in [-0.05, 0) is 36.2 Å². The van der Waals surface area contributed by atoms with Gasteiger partial charge < -0.3 is 14.6 Å². The maximum atomic E-state index is 11.6. The van der Waals surface area contributed by atoms with Gasteiger partial charge in [0.2, 0.25) is 0 Å². The first-order valence-electron chi connectivity index (χ1n) is 12.6. The number of hydrogen-bond acceptors (Lipinski definition) is 4. The average molecular weight is 464 g/mol. The second-order valence-electron chi connectivity index (χ2n) is 8.85. The van der Waals surface area contributed by atoms with E-state index < -0.39 is 12.1 Å². The molecule has 5 heteroatoms. The number of benzene rings is 2. The van der Waals surface area contributed by atoms with Gasteiger partial charge in [-0.1, -0.05) is 82.2 Å². The minimum absolute atomic E-state index is 0.348. The number of unbranched alkanes of at least 4 members (excludes halogenated alkanes) is 7. The van der Waals surface area contributed by atoms with Gasteiger partial charge in [0, 0.05) is 30.2 Å². The van der Waals surface area contributed by atoms with Crippen LogP contribution < -0.4 is 4.74 Å². The lowest BCUT2D eigenvalue weighted by Crippen LogP contribution is -2.26. The number of para-hydroxylation sites is 1. The molecule has 1 aromatic heterocycles. The Bertz CT molecular complexity index is 1000. The monoisotopic (exact) mass is 463 g/mol. The SMILES string of the molecule is CCCCCCCCCCOC(Cc1ccc(OCc2cnc3ccccc3c2)cc1)C(=O)O. The van der Waals surface area contributed by atoms with E-state index >= 15 is 0 Å². The smallest absolute Gasteiger partial charge is 0.333 e. The molecule has 0 bridgehead atoms. The fourth-order valence-electron chi connectivity index (χ4n) is 3.98. The molecule has 0 amide bonds. The van der Waals surface area contributed by atoms with E-state index in [0.29, 0.717) is 19.6 Å². The van der Waals surface area contributed by atoms with Crippen LogP contribution in [0, 0.1) is 0 Å². The third-order valence-corrected chi connectivity index (χ3v) is 5.99. The predicted octanol–water partition coefficient (Wildman–Crippen LogP) is 6.97. The number of ether oxygens (including phenoxy) is 2. The van der Waals surface area contributed by atoms with Gasteiger partial charge >= 0.3 is 5.97 Å². The Hall–Kier alpha value is -2.92. The fraction of sp³-hybridized carbons (Fsp3) is 0.448. The zero-order valence-corrected chi connectivity index (χ0v) is 20.2. The molecule has 2 aromatic carbocycles. The summed E-state index contributed by atoms with van der Waals surface area (Å²) >= 11 is 0. The van der Waals surface area contributed by atoms with Crippen molar-refractivity contribution in [3.8, 4) is 5.75 Å².